The van der Waals surface area contributed by atoms with Crippen LogP contribution in [0.1, 0.15) is 42.9 Å². The summed E-state index contributed by atoms with van der Waals surface area (Å²) in [6, 6.07) is 26.3. The van der Waals surface area contributed by atoms with Crippen LogP contribution in [-0.4, -0.2) is 82.0 Å². The number of amides is 5. The highest BCUT2D eigenvalue weighted by molar-refractivity contribution is 5.95. The van der Waals surface area contributed by atoms with Gasteiger partial charge in [-0.1, -0.05) is 79.7 Å². The number of nitrogens with one attached hydrogen (secondary N) is 1. The van der Waals surface area contributed by atoms with E-state index in [4.69, 9.17) is 0 Å². The van der Waals surface area contributed by atoms with Crippen molar-refractivity contribution in [3.63, 3.8) is 0 Å². The number of rotatable bonds is 10. The maximum absolute atomic E-state index is 14.2. The van der Waals surface area contributed by atoms with Crippen molar-refractivity contribution in [2.75, 3.05) is 31.1 Å². The first-order valence-corrected chi connectivity index (χ1v) is 15.8. The molecular weight excluding hydrogens is 568 g/mol. The van der Waals surface area contributed by atoms with Crippen LogP contribution < -0.4 is 10.2 Å². The summed E-state index contributed by atoms with van der Waals surface area (Å²) in [5.74, 6) is -0.176. The topological polar surface area (TPSA) is 96.5 Å². The van der Waals surface area contributed by atoms with Crippen LogP contribution in [0.5, 0.6) is 0 Å². The number of hydrogen-bond donors (Lipinski definition) is 1. The Hall–Kier alpha value is -4.70. The van der Waals surface area contributed by atoms with Crippen LogP contribution in [0.3, 0.4) is 0 Å². The van der Waals surface area contributed by atoms with Gasteiger partial charge in [-0.3, -0.25) is 19.4 Å². The van der Waals surface area contributed by atoms with Crippen molar-refractivity contribution in [3.8, 4) is 0 Å². The van der Waals surface area contributed by atoms with E-state index in [-0.39, 0.29) is 36.8 Å². The van der Waals surface area contributed by atoms with E-state index in [0.717, 1.165) is 28.8 Å². The number of carbonyl (C=O) groups excluding carboxylic acids is 4. The highest BCUT2D eigenvalue weighted by Gasteiger charge is 2.52. The van der Waals surface area contributed by atoms with Crippen LogP contribution in [0.25, 0.3) is 0 Å². The molecule has 10 nitrogen and oxygen atoms in total. The van der Waals surface area contributed by atoms with E-state index in [9.17, 15) is 19.2 Å². The second-order valence-electron chi connectivity index (χ2n) is 11.9. The zero-order chi connectivity index (χ0) is 31.3. The summed E-state index contributed by atoms with van der Waals surface area (Å²) in [5, 5.41) is 6.50. The normalized spacial score (nSPS) is 20.1. The molecule has 3 aliphatic rings. The summed E-state index contributed by atoms with van der Waals surface area (Å²) in [5.41, 5.74) is 3.69. The molecule has 45 heavy (non-hydrogen) atoms. The maximum atomic E-state index is 14.2. The summed E-state index contributed by atoms with van der Waals surface area (Å²) >= 11 is 0. The van der Waals surface area contributed by atoms with Gasteiger partial charge in [0.25, 0.3) is 0 Å². The molecule has 0 radical (unpaired) electrons. The molecule has 3 aromatic carbocycles. The molecule has 0 aromatic heterocycles. The van der Waals surface area contributed by atoms with E-state index in [1.54, 1.807) is 19.7 Å². The third-order valence-electron chi connectivity index (χ3n) is 8.77. The molecule has 6 rings (SSSR count). The Labute approximate surface area is 264 Å². The smallest absolute Gasteiger partial charge is 0.332 e. The summed E-state index contributed by atoms with van der Waals surface area (Å²) in [4.78, 5) is 59.2. The average Bonchev–Trinajstić information content (AvgIpc) is 3.64. The molecule has 0 unspecified atom stereocenters. The predicted octanol–water partition coefficient (Wildman–Crippen LogP) is 3.77. The van der Waals surface area contributed by atoms with Gasteiger partial charge in [-0.25, -0.2) is 4.79 Å². The van der Waals surface area contributed by atoms with Crippen LogP contribution in [0.4, 0.5) is 10.5 Å². The van der Waals surface area contributed by atoms with Crippen molar-refractivity contribution in [2.45, 2.75) is 57.9 Å². The maximum Gasteiger partial charge on any atom is 0.332 e. The van der Waals surface area contributed by atoms with Crippen LogP contribution in [-0.2, 0) is 33.9 Å². The molecule has 0 spiro atoms. The SMILES string of the molecule is CCCN(C(=O)NCc1ccccc1)N1CC(=O)N2[C@@H](Cc3ccccc3)C(=O)N(Cc3cccc(N4CCCC4=O)c3)C[C@@H]21. The van der Waals surface area contributed by atoms with Gasteiger partial charge in [-0.15, -0.1) is 0 Å². The summed E-state index contributed by atoms with van der Waals surface area (Å²) in [6.45, 7) is 4.10. The summed E-state index contributed by atoms with van der Waals surface area (Å²) < 4.78 is 0. The molecule has 3 heterocycles. The molecular formula is C35H40N6O4. The zero-order valence-electron chi connectivity index (χ0n) is 25.7. The average molecular weight is 609 g/mol. The van der Waals surface area contributed by atoms with Gasteiger partial charge >= 0.3 is 6.03 Å². The van der Waals surface area contributed by atoms with E-state index in [1.165, 1.54) is 0 Å². The van der Waals surface area contributed by atoms with Crippen LogP contribution >= 0.6 is 0 Å². The van der Waals surface area contributed by atoms with Gasteiger partial charge in [0.1, 0.15) is 12.2 Å². The number of hydrogen-bond acceptors (Lipinski definition) is 5. The lowest BCUT2D eigenvalue weighted by Crippen LogP contribution is -2.66. The Bertz CT molecular complexity index is 1530. The Kier molecular flexibility index (Phi) is 9.11. The fourth-order valence-electron chi connectivity index (χ4n) is 6.62. The van der Waals surface area contributed by atoms with E-state index in [0.29, 0.717) is 45.4 Å². The Morgan fingerprint density at radius 1 is 0.889 bits per heavy atom. The van der Waals surface area contributed by atoms with E-state index >= 15 is 0 Å². The summed E-state index contributed by atoms with van der Waals surface area (Å²) in [6.07, 6.45) is 1.96. The highest BCUT2D eigenvalue weighted by atomic mass is 16.2. The standard InChI is InChI=1S/C35H40N6O4/c1-2-18-39(35(45)36-22-27-13-7-4-8-14-27)40-25-33(43)41-30(21-26-11-5-3-6-12-26)34(44)37(24-31(40)41)23-28-15-9-16-29(20-28)38-19-10-17-32(38)42/h3-9,11-16,20,30-31H,2,10,17-19,21-25H2,1H3,(H,36,45)/t30-,31+/m0/s1. The number of benzene rings is 3. The number of anilines is 1. The number of piperazine rings is 1. The minimum Gasteiger partial charge on any atom is -0.333 e. The molecule has 3 saturated heterocycles. The molecule has 3 fully saturated rings. The number of fused-ring (bicyclic) bond motifs is 1. The van der Waals surface area contributed by atoms with Gasteiger partial charge in [0.15, 0.2) is 0 Å². The van der Waals surface area contributed by atoms with Gasteiger partial charge < -0.3 is 20.0 Å². The van der Waals surface area contributed by atoms with Gasteiger partial charge in [0.2, 0.25) is 17.7 Å². The van der Waals surface area contributed by atoms with E-state index < -0.39 is 12.2 Å². The molecule has 2 atom stereocenters. The Morgan fingerprint density at radius 2 is 1.60 bits per heavy atom. The molecule has 0 aliphatic carbocycles. The molecule has 5 amide bonds. The van der Waals surface area contributed by atoms with Gasteiger partial charge in [0.05, 0.1) is 13.1 Å². The lowest BCUT2D eigenvalue weighted by atomic mass is 10.00. The van der Waals surface area contributed by atoms with Crippen LogP contribution in [0, 0.1) is 0 Å². The quantitative estimate of drug-likeness (QED) is 0.378. The lowest BCUT2D eigenvalue weighted by molar-refractivity contribution is -0.157. The number of nitrogens with zero attached hydrogens (tertiary/aromatic N) is 5. The molecule has 234 valence electrons. The van der Waals surface area contributed by atoms with E-state index in [2.05, 4.69) is 5.32 Å². The minimum absolute atomic E-state index is 0.0163. The molecule has 1 N–H and O–H groups in total. The predicted molar refractivity (Wildman–Crippen MR) is 170 cm³/mol. The van der Waals surface area contributed by atoms with Crippen molar-refractivity contribution in [2.24, 2.45) is 0 Å². The van der Waals surface area contributed by atoms with Crippen LogP contribution in [0.2, 0.25) is 0 Å². The van der Waals surface area contributed by atoms with Gasteiger partial charge in [-0.2, -0.15) is 5.01 Å². The largest absolute Gasteiger partial charge is 0.333 e. The lowest BCUT2D eigenvalue weighted by Gasteiger charge is -2.46. The van der Waals surface area contributed by atoms with E-state index in [1.807, 2.05) is 96.9 Å². The molecule has 0 bridgehead atoms. The van der Waals surface area contributed by atoms with Crippen molar-refractivity contribution in [1.29, 1.82) is 0 Å². The zero-order valence-corrected chi connectivity index (χ0v) is 25.7. The number of urea groups is 1. The van der Waals surface area contributed by atoms with Crippen molar-refractivity contribution < 1.29 is 19.2 Å². The first kappa shape index (κ1) is 30.3. The number of hydrazine groups is 1. The highest BCUT2D eigenvalue weighted by Crippen LogP contribution is 2.31. The third kappa shape index (κ3) is 6.56. The van der Waals surface area contributed by atoms with Crippen molar-refractivity contribution in [1.82, 2.24) is 25.1 Å². The van der Waals surface area contributed by atoms with Gasteiger partial charge in [-0.05, 0) is 41.7 Å². The minimum atomic E-state index is -0.706. The first-order valence-electron chi connectivity index (χ1n) is 15.8. The second kappa shape index (κ2) is 13.5. The molecule has 0 saturated carbocycles. The molecule has 3 aliphatic heterocycles. The van der Waals surface area contributed by atoms with Gasteiger partial charge in [0, 0.05) is 44.7 Å². The molecule has 3 aromatic rings. The Morgan fingerprint density at radius 3 is 2.29 bits per heavy atom. The fourth-order valence-corrected chi connectivity index (χ4v) is 6.62. The van der Waals surface area contributed by atoms with Crippen molar-refractivity contribution >= 4 is 29.4 Å². The summed E-state index contributed by atoms with van der Waals surface area (Å²) in [7, 11) is 0. The fraction of sp³-hybridized carbons (Fsp3) is 0.371. The molecule has 10 heteroatoms. The monoisotopic (exact) mass is 608 g/mol. The Balaban J connectivity index is 1.28. The number of carbonyl (C=O) groups is 4. The second-order valence-corrected chi connectivity index (χ2v) is 11.9. The van der Waals surface area contributed by atoms with Crippen LogP contribution in [0.15, 0.2) is 84.9 Å². The van der Waals surface area contributed by atoms with Crippen molar-refractivity contribution in [3.05, 3.63) is 102 Å². The first-order chi connectivity index (χ1) is 21.9. The third-order valence-corrected chi connectivity index (χ3v) is 8.77.